The Morgan fingerprint density at radius 1 is 1.05 bits per heavy atom. The lowest BCUT2D eigenvalue weighted by Crippen LogP contribution is -2.40. The Morgan fingerprint density at radius 3 is 2.43 bits per heavy atom. The van der Waals surface area contributed by atoms with Crippen LogP contribution in [0.5, 0.6) is 17.2 Å². The van der Waals surface area contributed by atoms with E-state index in [0.717, 1.165) is 25.8 Å². The number of hydrogen-bond acceptors (Lipinski definition) is 7. The Bertz CT molecular complexity index is 1940. The number of aromatic nitrogens is 1. The van der Waals surface area contributed by atoms with Crippen molar-refractivity contribution in [1.82, 2.24) is 4.57 Å². The Hall–Kier alpha value is -3.90. The molecule has 10 heteroatoms. The van der Waals surface area contributed by atoms with Crippen molar-refractivity contribution < 1.29 is 19.0 Å². The van der Waals surface area contributed by atoms with Crippen molar-refractivity contribution in [3.05, 3.63) is 111 Å². The lowest BCUT2D eigenvalue weighted by molar-refractivity contribution is -0.113. The molecule has 0 fully saturated rings. The molecule has 0 bridgehead atoms. The largest absolute Gasteiger partial charge is 0.497 e. The number of rotatable bonds is 9. The third kappa shape index (κ3) is 6.32. The Kier molecular flexibility index (Phi) is 9.59. The highest BCUT2D eigenvalue weighted by Gasteiger charge is 2.32. The van der Waals surface area contributed by atoms with Crippen molar-refractivity contribution in [3.63, 3.8) is 0 Å². The Morgan fingerprint density at radius 2 is 1.77 bits per heavy atom. The molecule has 1 aromatic heterocycles. The molecule has 1 amide bonds. The fourth-order valence-corrected chi connectivity index (χ4v) is 7.05. The topological polar surface area (TPSA) is 91.2 Å². The number of fused-ring (bicyclic) bond motifs is 1. The van der Waals surface area contributed by atoms with Gasteiger partial charge in [0.15, 0.2) is 16.3 Å². The van der Waals surface area contributed by atoms with Crippen LogP contribution in [0.4, 0.5) is 5.69 Å². The molecule has 1 aliphatic rings. The highest BCUT2D eigenvalue weighted by atomic mass is 127. The first-order valence-electron chi connectivity index (χ1n) is 14.3. The lowest BCUT2D eigenvalue weighted by atomic mass is 9.95. The van der Waals surface area contributed by atoms with Crippen LogP contribution in [0.2, 0.25) is 0 Å². The van der Waals surface area contributed by atoms with Gasteiger partial charge in [-0.3, -0.25) is 14.2 Å². The number of amides is 1. The van der Waals surface area contributed by atoms with E-state index in [0.29, 0.717) is 56.8 Å². The zero-order valence-corrected chi connectivity index (χ0v) is 28.5. The van der Waals surface area contributed by atoms with E-state index < -0.39 is 6.04 Å². The van der Waals surface area contributed by atoms with Gasteiger partial charge in [0.2, 0.25) is 0 Å². The second-order valence-electron chi connectivity index (χ2n) is 10.3. The summed E-state index contributed by atoms with van der Waals surface area (Å²) in [6, 6.07) is 16.4. The summed E-state index contributed by atoms with van der Waals surface area (Å²) in [6.45, 7) is 10.6. The molecule has 4 aromatic rings. The molecule has 0 unspecified atom stereocenters. The summed E-state index contributed by atoms with van der Waals surface area (Å²) in [4.78, 5) is 33.4. The van der Waals surface area contributed by atoms with Crippen molar-refractivity contribution in [2.45, 2.75) is 40.7 Å². The first kappa shape index (κ1) is 31.5. The number of aryl methyl sites for hydroxylation is 2. The summed E-state index contributed by atoms with van der Waals surface area (Å²) in [5, 5.41) is 3.07. The Balaban J connectivity index is 1.65. The molecule has 8 nitrogen and oxygen atoms in total. The zero-order valence-electron chi connectivity index (χ0n) is 25.5. The zero-order chi connectivity index (χ0) is 31.5. The van der Waals surface area contributed by atoms with Gasteiger partial charge in [-0.25, -0.2) is 4.99 Å². The molecule has 5 rings (SSSR count). The minimum absolute atomic E-state index is 0.235. The number of hydrogen-bond donors (Lipinski definition) is 1. The van der Waals surface area contributed by atoms with Gasteiger partial charge >= 0.3 is 0 Å². The van der Waals surface area contributed by atoms with E-state index in [-0.39, 0.29) is 11.5 Å². The molecule has 3 aromatic carbocycles. The number of carbonyl (C=O) groups is 1. The third-order valence-corrected chi connectivity index (χ3v) is 9.03. The van der Waals surface area contributed by atoms with Crippen LogP contribution in [0.25, 0.3) is 6.08 Å². The van der Waals surface area contributed by atoms with E-state index in [1.807, 2.05) is 95.3 Å². The van der Waals surface area contributed by atoms with Gasteiger partial charge < -0.3 is 19.5 Å². The highest BCUT2D eigenvalue weighted by Crippen LogP contribution is 2.35. The standard InChI is InChI=1S/C34H34IN3O5S/c1-7-42-27-17-22(16-25(35)31(27)43-8-2)18-28-33(40)38-30(23-10-12-24(41-6)13-11-23)29(21(5)36-34(38)44-28)32(39)37-26-14-9-19(3)15-20(26)4/h9-18,30H,7-8H2,1-6H3,(H,37,39)/b28-18-/t30-/m1/s1. The quantitative estimate of drug-likeness (QED) is 0.217. The first-order valence-corrected chi connectivity index (χ1v) is 16.2. The summed E-state index contributed by atoms with van der Waals surface area (Å²) in [5.74, 6) is 1.68. The number of nitrogens with zero attached hydrogens (tertiary/aromatic N) is 2. The molecule has 0 saturated carbocycles. The van der Waals surface area contributed by atoms with Gasteiger partial charge in [0, 0.05) is 5.69 Å². The van der Waals surface area contributed by atoms with E-state index in [1.54, 1.807) is 11.7 Å². The maximum Gasteiger partial charge on any atom is 0.271 e. The number of methoxy groups -OCH3 is 1. The van der Waals surface area contributed by atoms with E-state index in [9.17, 15) is 9.59 Å². The molecule has 228 valence electrons. The van der Waals surface area contributed by atoms with Crippen LogP contribution in [0.1, 0.15) is 49.1 Å². The van der Waals surface area contributed by atoms with Gasteiger partial charge in [-0.05, 0) is 110 Å². The van der Waals surface area contributed by atoms with Crippen molar-refractivity contribution >= 4 is 51.6 Å². The van der Waals surface area contributed by atoms with Crippen LogP contribution < -0.4 is 34.4 Å². The second kappa shape index (κ2) is 13.4. The number of thiazole rings is 1. The maximum absolute atomic E-state index is 14.2. The molecule has 0 saturated heterocycles. The van der Waals surface area contributed by atoms with E-state index in [1.165, 1.54) is 11.3 Å². The number of carbonyl (C=O) groups excluding carboxylic acids is 1. The van der Waals surface area contributed by atoms with Crippen molar-refractivity contribution in [2.75, 3.05) is 25.6 Å². The number of halogens is 1. The normalized spacial score (nSPS) is 14.6. The third-order valence-electron chi connectivity index (χ3n) is 7.25. The fraction of sp³-hybridized carbons (Fsp3) is 0.265. The number of anilines is 1. The monoisotopic (exact) mass is 723 g/mol. The summed E-state index contributed by atoms with van der Waals surface area (Å²) in [7, 11) is 1.60. The van der Waals surface area contributed by atoms with E-state index in [4.69, 9.17) is 19.2 Å². The summed E-state index contributed by atoms with van der Waals surface area (Å²) < 4.78 is 20.1. The molecular weight excluding hydrogens is 689 g/mol. The number of nitrogens with one attached hydrogen (secondary N) is 1. The number of ether oxygens (including phenoxy) is 3. The fourth-order valence-electron chi connectivity index (χ4n) is 5.23. The number of allylic oxidation sites excluding steroid dienone is 1. The molecular formula is C34H34IN3O5S. The Labute approximate surface area is 273 Å². The molecule has 0 aliphatic carbocycles. The van der Waals surface area contributed by atoms with Gasteiger partial charge in [0.1, 0.15) is 5.75 Å². The highest BCUT2D eigenvalue weighted by molar-refractivity contribution is 14.1. The first-order chi connectivity index (χ1) is 21.1. The molecule has 1 aliphatic heterocycles. The number of benzene rings is 3. The van der Waals surface area contributed by atoms with Crippen LogP contribution >= 0.6 is 33.9 Å². The van der Waals surface area contributed by atoms with Gasteiger partial charge in [0.05, 0.1) is 45.7 Å². The van der Waals surface area contributed by atoms with Crippen LogP contribution in [0.3, 0.4) is 0 Å². The van der Waals surface area contributed by atoms with E-state index in [2.05, 4.69) is 27.9 Å². The summed E-state index contributed by atoms with van der Waals surface area (Å²) in [5.41, 5.74) is 5.06. The van der Waals surface area contributed by atoms with Crippen molar-refractivity contribution in [1.29, 1.82) is 0 Å². The van der Waals surface area contributed by atoms with Gasteiger partial charge in [0.25, 0.3) is 11.5 Å². The predicted octanol–water partition coefficient (Wildman–Crippen LogP) is 5.90. The summed E-state index contributed by atoms with van der Waals surface area (Å²) >= 11 is 3.51. The van der Waals surface area contributed by atoms with Crippen LogP contribution in [0, 0.1) is 17.4 Å². The smallest absolute Gasteiger partial charge is 0.271 e. The predicted molar refractivity (Wildman–Crippen MR) is 183 cm³/mol. The summed E-state index contributed by atoms with van der Waals surface area (Å²) in [6.07, 6.45) is 1.84. The van der Waals surface area contributed by atoms with Gasteiger partial charge in [-0.15, -0.1) is 0 Å². The van der Waals surface area contributed by atoms with Gasteiger partial charge in [-0.2, -0.15) is 0 Å². The minimum atomic E-state index is -0.690. The van der Waals surface area contributed by atoms with Crippen molar-refractivity contribution in [2.24, 2.45) is 4.99 Å². The molecule has 2 heterocycles. The van der Waals surface area contributed by atoms with Gasteiger partial charge in [-0.1, -0.05) is 41.2 Å². The second-order valence-corrected chi connectivity index (χ2v) is 12.5. The molecule has 0 spiro atoms. The molecule has 1 N–H and O–H groups in total. The molecule has 0 radical (unpaired) electrons. The maximum atomic E-state index is 14.2. The SMILES string of the molecule is CCOc1cc(/C=c2\sc3n(c2=O)[C@H](c2ccc(OC)cc2)C(C(=O)Nc2ccc(C)cc2C)=C(C)N=3)cc(I)c1OCC. The minimum Gasteiger partial charge on any atom is -0.497 e. The molecule has 1 atom stereocenters. The average molecular weight is 724 g/mol. The van der Waals surface area contributed by atoms with Crippen molar-refractivity contribution in [3.8, 4) is 17.2 Å². The van der Waals surface area contributed by atoms with Crippen LogP contribution in [-0.4, -0.2) is 30.8 Å². The van der Waals surface area contributed by atoms with Crippen LogP contribution in [-0.2, 0) is 4.79 Å². The molecule has 44 heavy (non-hydrogen) atoms. The average Bonchev–Trinajstić information content (AvgIpc) is 3.29. The lowest BCUT2D eigenvalue weighted by Gasteiger charge is -2.25. The van der Waals surface area contributed by atoms with Crippen LogP contribution in [0.15, 0.2) is 75.7 Å². The van der Waals surface area contributed by atoms with E-state index >= 15 is 0 Å².